The summed E-state index contributed by atoms with van der Waals surface area (Å²) >= 11 is 1.82. The summed E-state index contributed by atoms with van der Waals surface area (Å²) in [7, 11) is 10.6. The molecule has 3 aliphatic rings. The smallest absolute Gasteiger partial charge is 0.341 e. The highest BCUT2D eigenvalue weighted by molar-refractivity contribution is 14.1. The van der Waals surface area contributed by atoms with E-state index in [1.54, 1.807) is 64.5 Å². The predicted octanol–water partition coefficient (Wildman–Crippen LogP) is 3.27. The number of aromatic carboxylic acids is 1. The summed E-state index contributed by atoms with van der Waals surface area (Å²) in [6.07, 6.45) is -4.44. The molecule has 23 heteroatoms. The van der Waals surface area contributed by atoms with Crippen molar-refractivity contribution in [2.24, 2.45) is 17.8 Å². The van der Waals surface area contributed by atoms with Gasteiger partial charge in [0.2, 0.25) is 11.3 Å². The molecule has 2 aromatic rings. The van der Waals surface area contributed by atoms with Gasteiger partial charge in [-0.15, -0.1) is 0 Å². The van der Waals surface area contributed by atoms with Crippen molar-refractivity contribution in [3.8, 4) is 0 Å². The number of hydrogen-bond acceptors (Lipinski definition) is 19. The Morgan fingerprint density at radius 2 is 1.58 bits per heavy atom. The van der Waals surface area contributed by atoms with Crippen LogP contribution in [0.3, 0.4) is 0 Å². The van der Waals surface area contributed by atoms with E-state index in [-0.39, 0.29) is 68.6 Å². The van der Waals surface area contributed by atoms with E-state index in [0.717, 1.165) is 5.56 Å². The van der Waals surface area contributed by atoms with Crippen LogP contribution in [0.15, 0.2) is 29.2 Å². The van der Waals surface area contributed by atoms with Crippen molar-refractivity contribution >= 4 is 51.3 Å². The fourth-order valence-corrected chi connectivity index (χ4v) is 12.2. The number of carbonyl (C=O) groups is 3. The van der Waals surface area contributed by atoms with Gasteiger partial charge in [-0.25, -0.2) is 4.79 Å². The fraction of sp³-hybridized carbons (Fsp3) is 0.786. The summed E-state index contributed by atoms with van der Waals surface area (Å²) in [5.74, 6) is -4.46. The first kappa shape index (κ1) is 66.6. The van der Waals surface area contributed by atoms with Gasteiger partial charge in [0.1, 0.15) is 23.4 Å². The molecule has 1 aromatic heterocycles. The van der Waals surface area contributed by atoms with Crippen molar-refractivity contribution in [2.75, 3.05) is 80.3 Å². The summed E-state index contributed by atoms with van der Waals surface area (Å²) in [6, 6.07) is 3.88. The average Bonchev–Trinajstić information content (AvgIpc) is 3.39. The maximum atomic E-state index is 14.4. The van der Waals surface area contributed by atoms with Crippen molar-refractivity contribution in [1.82, 2.24) is 19.8 Å². The van der Waals surface area contributed by atoms with Crippen molar-refractivity contribution in [3.63, 3.8) is 0 Å². The molecule has 3 aliphatic heterocycles. The van der Waals surface area contributed by atoms with Gasteiger partial charge >= 0.3 is 11.9 Å². The molecule has 6 N–H and O–H groups in total. The summed E-state index contributed by atoms with van der Waals surface area (Å²) < 4.78 is 50.6. The third kappa shape index (κ3) is 16.6. The summed E-state index contributed by atoms with van der Waals surface area (Å²) in [6.45, 7) is 17.2. The van der Waals surface area contributed by atoms with Gasteiger partial charge in [0.05, 0.1) is 72.9 Å². The predicted molar refractivity (Wildman–Crippen MR) is 304 cm³/mol. The van der Waals surface area contributed by atoms with E-state index in [1.807, 2.05) is 86.4 Å². The highest BCUT2D eigenvalue weighted by Gasteiger charge is 2.53. The molecule has 0 saturated carbocycles. The van der Waals surface area contributed by atoms with Crippen LogP contribution < -0.4 is 15.8 Å². The number of esters is 1. The number of pyridine rings is 1. The third-order valence-electron chi connectivity index (χ3n) is 16.3. The second-order valence-corrected chi connectivity index (χ2v) is 24.6. The molecule has 0 unspecified atom stereocenters. The van der Waals surface area contributed by atoms with Gasteiger partial charge in [0.15, 0.2) is 16.7 Å². The lowest BCUT2D eigenvalue weighted by Gasteiger charge is -2.49. The molecule has 0 aliphatic carbocycles. The number of fused-ring (bicyclic) bond motifs is 1. The lowest BCUT2D eigenvalue weighted by Crippen LogP contribution is -2.64. The second-order valence-electron chi connectivity index (χ2n) is 23.5. The number of rotatable bonds is 19. The number of ether oxygens (including phenoxy) is 8. The number of benzene rings is 1. The first-order valence-corrected chi connectivity index (χ1v) is 28.8. The van der Waals surface area contributed by atoms with Gasteiger partial charge in [-0.1, -0.05) is 19.9 Å². The van der Waals surface area contributed by atoms with E-state index in [4.69, 9.17) is 37.9 Å². The van der Waals surface area contributed by atoms with Crippen LogP contribution in [0.2, 0.25) is 0 Å². The monoisotopic (exact) mass is 1230 g/mol. The van der Waals surface area contributed by atoms with Gasteiger partial charge in [-0.2, -0.15) is 0 Å². The second kappa shape index (κ2) is 28.4. The van der Waals surface area contributed by atoms with Gasteiger partial charge in [-0.05, 0) is 141 Å². The molecule has 79 heavy (non-hydrogen) atoms. The summed E-state index contributed by atoms with van der Waals surface area (Å²) in [4.78, 5) is 56.5. The summed E-state index contributed by atoms with van der Waals surface area (Å²) in [5.41, 5.74) is -3.93. The van der Waals surface area contributed by atoms with E-state index >= 15 is 0 Å². The molecule has 3 saturated heterocycles. The molecule has 450 valence electrons. The number of aryl methyl sites for hydroxylation is 1. The molecule has 0 radical (unpaired) electrons. The van der Waals surface area contributed by atoms with Crippen LogP contribution >= 0.6 is 22.6 Å². The lowest BCUT2D eigenvalue weighted by atomic mass is 9.77. The number of halogens is 1. The molecule has 1 amide bonds. The Labute approximate surface area is 479 Å². The number of methoxy groups -OCH3 is 1. The van der Waals surface area contributed by atoms with E-state index in [9.17, 15) is 44.7 Å². The standard InChI is InChI=1S/C56H92IN5O17/c1-31-27-54(7,70)49(78-52-45(65)41(59(10)11)25-32(2)75-52)33(3)46(34(4)51(69)79-53(57)56(9,71)48(66)35(5)61(14)29-31)77-43-28-55(8,72-15)47(36(6)76-43)58-42(63)20-22-74-24-23-73-21-16-17-37-18-19-40-38(26-37)44(64)39(50(67)68)30-62(40)60(12)13/h18-19,26,30-36,41,43,45-49,52-53,65-66,70-71H,16-17,20-25,27-29H2,1-15H3,(H,58,63)(H,67,68)/t31-,32-,33+,34-,35-,36+,41+,43+,45-,46+,47-,48-,49-,52+,53+,54-,55-,56+/m1/s1. The number of amides is 1. The van der Waals surface area contributed by atoms with Crippen LogP contribution in [0.4, 0.5) is 0 Å². The topological polar surface area (TPSA) is 270 Å². The maximum Gasteiger partial charge on any atom is 0.341 e. The van der Waals surface area contributed by atoms with Crippen LogP contribution in [0, 0.1) is 17.8 Å². The third-order valence-corrected chi connectivity index (χ3v) is 17.8. The van der Waals surface area contributed by atoms with Crippen LogP contribution in [-0.4, -0.2) is 221 Å². The largest absolute Gasteiger partial charge is 0.477 e. The molecular formula is C56H92IN5O17. The van der Waals surface area contributed by atoms with Gasteiger partial charge < -0.3 is 83.6 Å². The zero-order chi connectivity index (χ0) is 59.1. The van der Waals surface area contributed by atoms with Crippen LogP contribution in [0.25, 0.3) is 10.9 Å². The van der Waals surface area contributed by atoms with E-state index < -0.39 is 105 Å². The van der Waals surface area contributed by atoms with Crippen molar-refractivity contribution in [2.45, 2.75) is 189 Å². The molecule has 0 spiro atoms. The Morgan fingerprint density at radius 1 is 0.924 bits per heavy atom. The Balaban J connectivity index is 1.25. The molecule has 3 fully saturated rings. The number of nitrogens with zero attached hydrogens (tertiary/aromatic N) is 4. The Bertz CT molecular complexity index is 2390. The molecule has 5 rings (SSSR count). The minimum Gasteiger partial charge on any atom is -0.477 e. The minimum atomic E-state index is -1.88. The van der Waals surface area contributed by atoms with E-state index in [2.05, 4.69) is 5.32 Å². The number of aliphatic hydroxyl groups excluding tert-OH is 2. The number of cyclic esters (lactones) is 1. The van der Waals surface area contributed by atoms with E-state index in [1.165, 1.54) is 20.2 Å². The number of likely N-dealkylation sites (N-methyl/N-ethyl adjacent to an activating group) is 2. The molecule has 4 heterocycles. The first-order chi connectivity index (χ1) is 36.8. The maximum absolute atomic E-state index is 14.4. The molecule has 1 aromatic carbocycles. The zero-order valence-electron chi connectivity index (χ0n) is 49.0. The lowest BCUT2D eigenvalue weighted by molar-refractivity contribution is -0.311. The van der Waals surface area contributed by atoms with Gasteiger partial charge in [0.25, 0.3) is 0 Å². The normalized spacial score (nSPS) is 36.6. The van der Waals surface area contributed by atoms with E-state index in [0.29, 0.717) is 43.3 Å². The van der Waals surface area contributed by atoms with Crippen LogP contribution in [0.5, 0.6) is 0 Å². The summed E-state index contributed by atoms with van der Waals surface area (Å²) in [5, 5.41) is 62.4. The molecular weight excluding hydrogens is 1140 g/mol. The zero-order valence-corrected chi connectivity index (χ0v) is 51.2. The highest BCUT2D eigenvalue weighted by Crippen LogP contribution is 2.40. The number of carbonyl (C=O) groups excluding carboxylic acids is 2. The van der Waals surface area contributed by atoms with Gasteiger partial charge in [0, 0.05) is 76.8 Å². The number of aliphatic hydroxyl groups is 4. The minimum absolute atomic E-state index is 0.0353. The number of hydrogen-bond donors (Lipinski definition) is 6. The Hall–Kier alpha value is -3.15. The molecule has 18 atom stereocenters. The highest BCUT2D eigenvalue weighted by atomic mass is 127. The van der Waals surface area contributed by atoms with Crippen LogP contribution in [-0.2, 0) is 53.9 Å². The number of carboxylic acids is 1. The van der Waals surface area contributed by atoms with Crippen molar-refractivity contribution in [1.29, 1.82) is 0 Å². The molecule has 22 nitrogen and oxygen atoms in total. The number of alkyl halides is 1. The SMILES string of the molecule is CO[C@]1(C)C[C@H](O[C@H]2[C@H](C)[C@@H](O[C@@H]3O[C@H](C)C[C@H](N(C)C)[C@H]3O)[C@](C)(O)C[C@@H](C)CN(C)[C@H](C)[C@@H](O)[C@](C)(O)[C@@H](I)OC(=O)[C@@H]2C)O[C@@H](C)[C@H]1NC(=O)CCOCCOCCCc1ccc2c(c1)c(=O)c(C(=O)O)cn2N(C)C. The van der Waals surface area contributed by atoms with Gasteiger partial charge in [-0.3, -0.25) is 19.1 Å². The Morgan fingerprint density at radius 3 is 2.20 bits per heavy atom. The fourth-order valence-electron chi connectivity index (χ4n) is 11.5. The van der Waals surface area contributed by atoms with Crippen LogP contribution in [0.1, 0.15) is 110 Å². The quantitative estimate of drug-likeness (QED) is 0.0510. The van der Waals surface area contributed by atoms with Crippen molar-refractivity contribution < 1.29 is 77.8 Å². The molecule has 0 bridgehead atoms. The van der Waals surface area contributed by atoms with Crippen molar-refractivity contribution in [3.05, 3.63) is 45.7 Å². The first-order valence-electron chi connectivity index (χ1n) is 27.6. The Kier molecular flexibility index (Phi) is 24.0. The average molecular weight is 1230 g/mol. The number of aromatic nitrogens is 1. The number of nitrogens with one attached hydrogen (secondary N) is 1. The number of carboxylic acid groups (broad SMARTS) is 1.